The van der Waals surface area contributed by atoms with Gasteiger partial charge in [0.25, 0.3) is 0 Å². The van der Waals surface area contributed by atoms with Crippen LogP contribution in [-0.4, -0.2) is 37.2 Å². The Morgan fingerprint density at radius 3 is 0.732 bits per heavy atom. The predicted molar refractivity (Wildman–Crippen MR) is 307 cm³/mol. The molecule has 0 aromatic carbocycles. The molecule has 422 valence electrons. The van der Waals surface area contributed by atoms with Crippen LogP contribution in [0.3, 0.4) is 0 Å². The minimum atomic E-state index is -0.763. The van der Waals surface area contributed by atoms with Gasteiger partial charge in [-0.05, 0) is 25.2 Å². The third-order valence-electron chi connectivity index (χ3n) is 15.4. The fraction of sp³-hybridized carbons (Fsp3) is 0.954. The van der Waals surface area contributed by atoms with Gasteiger partial charge in [0.1, 0.15) is 13.2 Å². The Bertz CT molecular complexity index is 1080. The molecule has 0 aliphatic carbocycles. The summed E-state index contributed by atoms with van der Waals surface area (Å²) in [7, 11) is 0. The largest absolute Gasteiger partial charge is 0.462 e. The quantitative estimate of drug-likeness (QED) is 0.0343. The number of unbranched alkanes of at least 4 members (excludes halogenated alkanes) is 46. The number of carbonyl (C=O) groups excluding carboxylic acids is 3. The second-order valence-electron chi connectivity index (χ2n) is 22.6. The first-order chi connectivity index (χ1) is 34.9. The Hall–Kier alpha value is -1.59. The molecule has 2 atom stereocenters. The number of hydrogen-bond donors (Lipinski definition) is 0. The summed E-state index contributed by atoms with van der Waals surface area (Å²) >= 11 is 0. The Labute approximate surface area is 444 Å². The molecule has 0 aliphatic heterocycles. The van der Waals surface area contributed by atoms with E-state index < -0.39 is 6.10 Å². The van der Waals surface area contributed by atoms with Crippen molar-refractivity contribution in [3.8, 4) is 0 Å². The summed E-state index contributed by atoms with van der Waals surface area (Å²) in [5.41, 5.74) is 0. The lowest BCUT2D eigenvalue weighted by Gasteiger charge is -2.18. The van der Waals surface area contributed by atoms with Gasteiger partial charge in [-0.15, -0.1) is 0 Å². The molecule has 6 heteroatoms. The average molecular weight is 1000 g/mol. The molecule has 6 nitrogen and oxygen atoms in total. The first-order valence-electron chi connectivity index (χ1n) is 32.4. The first-order valence-corrected chi connectivity index (χ1v) is 32.4. The molecule has 0 heterocycles. The average Bonchev–Trinajstić information content (AvgIpc) is 3.37. The summed E-state index contributed by atoms with van der Waals surface area (Å²) in [5, 5.41) is 0. The number of hydrogen-bond acceptors (Lipinski definition) is 6. The molecule has 0 rings (SSSR count). The van der Waals surface area contributed by atoms with Crippen LogP contribution >= 0.6 is 0 Å². The normalized spacial score (nSPS) is 12.3. The van der Waals surface area contributed by atoms with Crippen molar-refractivity contribution in [3.05, 3.63) is 0 Å². The van der Waals surface area contributed by atoms with Gasteiger partial charge in [0.05, 0.1) is 0 Å². The third kappa shape index (κ3) is 57.5. The minimum Gasteiger partial charge on any atom is -0.462 e. The molecule has 0 aliphatic rings. The van der Waals surface area contributed by atoms with Gasteiger partial charge < -0.3 is 14.2 Å². The molecule has 0 bridgehead atoms. The van der Waals surface area contributed by atoms with Gasteiger partial charge in [0, 0.05) is 19.3 Å². The molecule has 1 unspecified atom stereocenters. The zero-order valence-electron chi connectivity index (χ0n) is 48.7. The Balaban J connectivity index is 4.24. The van der Waals surface area contributed by atoms with Crippen LogP contribution in [0.25, 0.3) is 0 Å². The van der Waals surface area contributed by atoms with Crippen LogP contribution in [0.1, 0.15) is 374 Å². The lowest BCUT2D eigenvalue weighted by atomic mass is 9.99. The molecule has 0 aromatic rings. The zero-order valence-corrected chi connectivity index (χ0v) is 48.7. The monoisotopic (exact) mass is 1000 g/mol. The zero-order chi connectivity index (χ0) is 51.6. The summed E-state index contributed by atoms with van der Waals surface area (Å²) < 4.78 is 17.0. The fourth-order valence-corrected chi connectivity index (χ4v) is 10.1. The van der Waals surface area contributed by atoms with E-state index in [-0.39, 0.29) is 31.1 Å². The van der Waals surface area contributed by atoms with Crippen molar-refractivity contribution in [1.29, 1.82) is 0 Å². The predicted octanol–water partition coefficient (Wildman–Crippen LogP) is 21.7. The molecule has 0 aromatic heterocycles. The second kappa shape index (κ2) is 59.3. The maximum atomic E-state index is 12.9. The van der Waals surface area contributed by atoms with Gasteiger partial charge in [-0.3, -0.25) is 14.4 Å². The third-order valence-corrected chi connectivity index (χ3v) is 15.4. The van der Waals surface area contributed by atoms with Crippen molar-refractivity contribution >= 4 is 17.9 Å². The summed E-state index contributed by atoms with van der Waals surface area (Å²) in [4.78, 5) is 38.3. The van der Waals surface area contributed by atoms with Crippen molar-refractivity contribution in [2.75, 3.05) is 13.2 Å². The molecular formula is C65H126O6. The highest BCUT2D eigenvalue weighted by Crippen LogP contribution is 2.19. The van der Waals surface area contributed by atoms with Crippen molar-refractivity contribution in [3.63, 3.8) is 0 Å². The Morgan fingerprint density at radius 2 is 0.493 bits per heavy atom. The van der Waals surface area contributed by atoms with E-state index in [1.807, 2.05) is 0 Å². The lowest BCUT2D eigenvalue weighted by Crippen LogP contribution is -2.30. The highest BCUT2D eigenvalue weighted by atomic mass is 16.6. The fourth-order valence-electron chi connectivity index (χ4n) is 10.1. The van der Waals surface area contributed by atoms with E-state index >= 15 is 0 Å². The van der Waals surface area contributed by atoms with Crippen LogP contribution in [0, 0.1) is 5.92 Å². The molecule has 0 amide bonds. The summed E-state index contributed by atoms with van der Waals surface area (Å²) in [5.74, 6) is 0.0822. The topological polar surface area (TPSA) is 78.9 Å². The molecule has 0 saturated heterocycles. The summed E-state index contributed by atoms with van der Waals surface area (Å²) in [6, 6.07) is 0. The molecule has 0 saturated carbocycles. The van der Waals surface area contributed by atoms with E-state index in [2.05, 4.69) is 27.7 Å². The standard InChI is InChI=1S/C65H126O6/c1-5-8-10-12-14-16-18-20-21-22-26-29-33-37-41-45-49-53-57-64(67)70-60-62(59-69-63(66)56-52-48-44-40-36-31-19-17-15-13-11-9-6-2)71-65(68)58-54-50-46-42-38-34-30-27-24-23-25-28-32-35-39-43-47-51-55-61(4)7-3/h61-62H,5-60H2,1-4H3/t61?,62-/m0/s1. The summed E-state index contributed by atoms with van der Waals surface area (Å²) in [6.07, 6.45) is 66.7. The number of carbonyl (C=O) groups is 3. The van der Waals surface area contributed by atoms with Gasteiger partial charge in [-0.1, -0.05) is 336 Å². The van der Waals surface area contributed by atoms with E-state index in [4.69, 9.17) is 14.2 Å². The molecular weight excluding hydrogens is 877 g/mol. The lowest BCUT2D eigenvalue weighted by molar-refractivity contribution is -0.167. The number of rotatable bonds is 60. The highest BCUT2D eigenvalue weighted by molar-refractivity contribution is 5.71. The highest BCUT2D eigenvalue weighted by Gasteiger charge is 2.19. The van der Waals surface area contributed by atoms with E-state index in [1.54, 1.807) is 0 Å². The number of esters is 3. The Kier molecular flexibility index (Phi) is 58.0. The van der Waals surface area contributed by atoms with Gasteiger partial charge in [-0.25, -0.2) is 0 Å². The molecule has 0 spiro atoms. The second-order valence-corrected chi connectivity index (χ2v) is 22.6. The van der Waals surface area contributed by atoms with Crippen LogP contribution in [0.2, 0.25) is 0 Å². The van der Waals surface area contributed by atoms with E-state index in [0.717, 1.165) is 63.7 Å². The van der Waals surface area contributed by atoms with Crippen molar-refractivity contribution in [2.24, 2.45) is 5.92 Å². The van der Waals surface area contributed by atoms with Gasteiger partial charge in [-0.2, -0.15) is 0 Å². The van der Waals surface area contributed by atoms with Crippen molar-refractivity contribution in [2.45, 2.75) is 381 Å². The van der Waals surface area contributed by atoms with E-state index in [1.165, 1.54) is 270 Å². The molecule has 0 radical (unpaired) electrons. The van der Waals surface area contributed by atoms with Crippen molar-refractivity contribution in [1.82, 2.24) is 0 Å². The van der Waals surface area contributed by atoms with Gasteiger partial charge in [0.2, 0.25) is 0 Å². The first kappa shape index (κ1) is 69.4. The minimum absolute atomic E-state index is 0.0610. The molecule has 71 heavy (non-hydrogen) atoms. The van der Waals surface area contributed by atoms with Crippen LogP contribution in [-0.2, 0) is 28.6 Å². The molecule has 0 fully saturated rings. The SMILES string of the molecule is CCCCCCCCCCCCCCCCCCCCC(=O)OC[C@H](COC(=O)CCCCCCCCCCCCCCC)OC(=O)CCCCCCCCCCCCCCCCCCCCC(C)CC. The summed E-state index contributed by atoms with van der Waals surface area (Å²) in [6.45, 7) is 9.13. The maximum Gasteiger partial charge on any atom is 0.306 e. The van der Waals surface area contributed by atoms with Crippen LogP contribution in [0.5, 0.6) is 0 Å². The van der Waals surface area contributed by atoms with Crippen molar-refractivity contribution < 1.29 is 28.6 Å². The Morgan fingerprint density at radius 1 is 0.282 bits per heavy atom. The van der Waals surface area contributed by atoms with Crippen LogP contribution in [0.15, 0.2) is 0 Å². The van der Waals surface area contributed by atoms with Gasteiger partial charge >= 0.3 is 17.9 Å². The maximum absolute atomic E-state index is 12.9. The molecule has 0 N–H and O–H groups in total. The smallest absolute Gasteiger partial charge is 0.306 e. The van der Waals surface area contributed by atoms with E-state index in [9.17, 15) is 14.4 Å². The van der Waals surface area contributed by atoms with Crippen LogP contribution < -0.4 is 0 Å². The van der Waals surface area contributed by atoms with Gasteiger partial charge in [0.15, 0.2) is 6.10 Å². The van der Waals surface area contributed by atoms with Crippen LogP contribution in [0.4, 0.5) is 0 Å². The van der Waals surface area contributed by atoms with E-state index in [0.29, 0.717) is 19.3 Å². The number of ether oxygens (including phenoxy) is 3.